The molecule has 2 aromatic heterocycles. The van der Waals surface area contributed by atoms with Crippen LogP contribution in [0.25, 0.3) is 10.9 Å². The van der Waals surface area contributed by atoms with Crippen LogP contribution in [0.1, 0.15) is 16.8 Å². The summed E-state index contributed by atoms with van der Waals surface area (Å²) in [6.45, 7) is 0.569. The lowest BCUT2D eigenvalue weighted by Crippen LogP contribution is -2.32. The second-order valence-electron chi connectivity index (χ2n) is 8.53. The number of anilines is 1. The van der Waals surface area contributed by atoms with Crippen molar-refractivity contribution in [1.82, 2.24) is 9.97 Å². The van der Waals surface area contributed by atoms with Crippen molar-refractivity contribution in [2.45, 2.75) is 19.6 Å². The summed E-state index contributed by atoms with van der Waals surface area (Å²) in [4.78, 5) is 23.5. The van der Waals surface area contributed by atoms with E-state index in [1.54, 1.807) is 41.6 Å². The molecule has 0 radical (unpaired) electrons. The number of benzene rings is 3. The van der Waals surface area contributed by atoms with Gasteiger partial charge in [-0.05, 0) is 65.7 Å². The molecular formula is C30H23F2N3O2. The molecule has 37 heavy (non-hydrogen) atoms. The van der Waals surface area contributed by atoms with Gasteiger partial charge < -0.3 is 9.64 Å². The number of pyridine rings is 2. The van der Waals surface area contributed by atoms with Crippen molar-refractivity contribution in [3.05, 3.63) is 132 Å². The number of carbonyl (C=O) groups is 1. The number of hydrogen-bond acceptors (Lipinski definition) is 4. The summed E-state index contributed by atoms with van der Waals surface area (Å²) in [5.74, 6) is -1.13. The summed E-state index contributed by atoms with van der Waals surface area (Å²) in [5, 5.41) is 1.06. The minimum Gasteiger partial charge on any atom is -0.487 e. The Bertz CT molecular complexity index is 1530. The van der Waals surface area contributed by atoms with Crippen LogP contribution in [0.15, 0.2) is 103 Å². The van der Waals surface area contributed by atoms with Gasteiger partial charge in [-0.2, -0.15) is 0 Å². The van der Waals surface area contributed by atoms with Crippen molar-refractivity contribution in [3.63, 3.8) is 0 Å². The SMILES string of the molecule is O=C(Cc1ccc(F)cc1F)N(Cc1ccncc1)c1ccc(OCc2ccc3ccccc3n2)cc1. The lowest BCUT2D eigenvalue weighted by molar-refractivity contribution is -0.118. The fourth-order valence-electron chi connectivity index (χ4n) is 3.99. The maximum atomic E-state index is 14.2. The van der Waals surface area contributed by atoms with Crippen LogP contribution in [0.5, 0.6) is 5.75 Å². The Hall–Kier alpha value is -4.65. The molecule has 7 heteroatoms. The molecule has 0 N–H and O–H groups in total. The van der Waals surface area contributed by atoms with E-state index in [9.17, 15) is 13.6 Å². The molecule has 184 valence electrons. The first-order valence-corrected chi connectivity index (χ1v) is 11.8. The van der Waals surface area contributed by atoms with E-state index < -0.39 is 11.6 Å². The first-order chi connectivity index (χ1) is 18.0. The van der Waals surface area contributed by atoms with E-state index in [1.807, 2.05) is 48.5 Å². The lowest BCUT2D eigenvalue weighted by Gasteiger charge is -2.23. The van der Waals surface area contributed by atoms with Gasteiger partial charge in [-0.3, -0.25) is 9.78 Å². The third kappa shape index (κ3) is 5.95. The molecule has 0 spiro atoms. The van der Waals surface area contributed by atoms with Crippen molar-refractivity contribution >= 4 is 22.5 Å². The zero-order chi connectivity index (χ0) is 25.6. The number of rotatable bonds is 8. The van der Waals surface area contributed by atoms with Crippen LogP contribution in [-0.2, 0) is 24.4 Å². The van der Waals surface area contributed by atoms with Crippen LogP contribution in [0.3, 0.4) is 0 Å². The van der Waals surface area contributed by atoms with Gasteiger partial charge in [-0.1, -0.05) is 30.3 Å². The highest BCUT2D eigenvalue weighted by Crippen LogP contribution is 2.24. The third-order valence-corrected chi connectivity index (χ3v) is 5.94. The van der Waals surface area contributed by atoms with Crippen LogP contribution < -0.4 is 9.64 Å². The standard InChI is InChI=1S/C30H23F2N3O2/c31-24-7-5-23(28(32)18-24)17-30(36)35(19-21-13-15-33-16-14-21)26-9-11-27(12-10-26)37-20-25-8-6-22-3-1-2-4-29(22)34-25/h1-16,18H,17,19-20H2. The maximum Gasteiger partial charge on any atom is 0.231 e. The number of para-hydroxylation sites is 1. The van der Waals surface area contributed by atoms with Crippen molar-refractivity contribution in [3.8, 4) is 5.75 Å². The zero-order valence-corrected chi connectivity index (χ0v) is 19.9. The largest absolute Gasteiger partial charge is 0.487 e. The zero-order valence-electron chi connectivity index (χ0n) is 19.9. The third-order valence-electron chi connectivity index (χ3n) is 5.94. The highest BCUT2D eigenvalue weighted by molar-refractivity contribution is 5.94. The Labute approximate surface area is 213 Å². The molecule has 0 saturated carbocycles. The molecule has 0 fully saturated rings. The van der Waals surface area contributed by atoms with Gasteiger partial charge >= 0.3 is 0 Å². The molecular weight excluding hydrogens is 472 g/mol. The van der Waals surface area contributed by atoms with Crippen molar-refractivity contribution in [2.75, 3.05) is 4.90 Å². The van der Waals surface area contributed by atoms with Crippen LogP contribution in [0, 0.1) is 11.6 Å². The second-order valence-corrected chi connectivity index (χ2v) is 8.53. The quantitative estimate of drug-likeness (QED) is 0.255. The van der Waals surface area contributed by atoms with Gasteiger partial charge in [0.05, 0.1) is 24.2 Å². The number of carbonyl (C=O) groups excluding carboxylic acids is 1. The molecule has 3 aromatic carbocycles. The molecule has 0 aliphatic carbocycles. The smallest absolute Gasteiger partial charge is 0.231 e. The van der Waals surface area contributed by atoms with Crippen molar-refractivity contribution in [1.29, 1.82) is 0 Å². The highest BCUT2D eigenvalue weighted by atomic mass is 19.1. The Balaban J connectivity index is 1.32. The van der Waals surface area contributed by atoms with Crippen LogP contribution in [-0.4, -0.2) is 15.9 Å². The fourth-order valence-corrected chi connectivity index (χ4v) is 3.99. The van der Waals surface area contributed by atoms with Crippen molar-refractivity contribution < 1.29 is 18.3 Å². The summed E-state index contributed by atoms with van der Waals surface area (Å²) in [6.07, 6.45) is 3.09. The van der Waals surface area contributed by atoms with Gasteiger partial charge in [0.25, 0.3) is 0 Å². The van der Waals surface area contributed by atoms with Crippen LogP contribution >= 0.6 is 0 Å². The molecule has 5 rings (SSSR count). The Kier molecular flexibility index (Phi) is 7.12. The summed E-state index contributed by atoms with van der Waals surface area (Å²) < 4.78 is 33.5. The maximum absolute atomic E-state index is 14.2. The first-order valence-electron chi connectivity index (χ1n) is 11.8. The molecule has 0 unspecified atom stereocenters. The molecule has 0 bridgehead atoms. The Morgan fingerprint density at radius 2 is 1.65 bits per heavy atom. The lowest BCUT2D eigenvalue weighted by atomic mass is 10.1. The summed E-state index contributed by atoms with van der Waals surface area (Å²) in [6, 6.07) is 25.8. The summed E-state index contributed by atoms with van der Waals surface area (Å²) in [5.41, 5.74) is 3.33. The number of ether oxygens (including phenoxy) is 1. The van der Waals surface area contributed by atoms with Gasteiger partial charge in [0, 0.05) is 29.5 Å². The van der Waals surface area contributed by atoms with E-state index in [-0.39, 0.29) is 24.4 Å². The second kappa shape index (κ2) is 11.0. The molecule has 0 atom stereocenters. The average molecular weight is 496 g/mol. The molecule has 0 aliphatic heterocycles. The Morgan fingerprint density at radius 1 is 0.865 bits per heavy atom. The van der Waals surface area contributed by atoms with Crippen LogP contribution in [0.2, 0.25) is 0 Å². The predicted octanol–water partition coefficient (Wildman–Crippen LogP) is 6.26. The monoisotopic (exact) mass is 495 g/mol. The normalized spacial score (nSPS) is 10.9. The van der Waals surface area contributed by atoms with E-state index in [0.29, 0.717) is 18.0 Å². The van der Waals surface area contributed by atoms with Gasteiger partial charge in [-0.25, -0.2) is 13.8 Å². The number of fused-ring (bicyclic) bond motifs is 1. The van der Waals surface area contributed by atoms with Crippen LogP contribution in [0.4, 0.5) is 14.5 Å². The molecule has 1 amide bonds. The molecule has 2 heterocycles. The average Bonchev–Trinajstić information content (AvgIpc) is 2.93. The number of halogens is 2. The number of hydrogen-bond donors (Lipinski definition) is 0. The minimum absolute atomic E-state index is 0.133. The summed E-state index contributed by atoms with van der Waals surface area (Å²) >= 11 is 0. The molecule has 0 saturated heterocycles. The minimum atomic E-state index is -0.747. The number of aromatic nitrogens is 2. The van der Waals surface area contributed by atoms with E-state index in [2.05, 4.69) is 9.97 Å². The van der Waals surface area contributed by atoms with E-state index in [4.69, 9.17) is 4.74 Å². The number of nitrogens with zero attached hydrogens (tertiary/aromatic N) is 3. The molecule has 0 aliphatic rings. The van der Waals surface area contributed by atoms with Gasteiger partial charge in [0.15, 0.2) is 0 Å². The van der Waals surface area contributed by atoms with Gasteiger partial charge in [0.1, 0.15) is 24.0 Å². The molecule has 5 aromatic rings. The fraction of sp³-hybridized carbons (Fsp3) is 0.100. The predicted molar refractivity (Wildman–Crippen MR) is 138 cm³/mol. The number of amides is 1. The van der Waals surface area contributed by atoms with Gasteiger partial charge in [0.2, 0.25) is 5.91 Å². The Morgan fingerprint density at radius 3 is 2.43 bits per heavy atom. The van der Waals surface area contributed by atoms with Gasteiger partial charge in [-0.15, -0.1) is 0 Å². The summed E-state index contributed by atoms with van der Waals surface area (Å²) in [7, 11) is 0. The van der Waals surface area contributed by atoms with E-state index >= 15 is 0 Å². The van der Waals surface area contributed by atoms with E-state index in [1.165, 1.54) is 6.07 Å². The van der Waals surface area contributed by atoms with Crippen molar-refractivity contribution in [2.24, 2.45) is 0 Å². The topological polar surface area (TPSA) is 55.3 Å². The first kappa shape index (κ1) is 24.1. The van der Waals surface area contributed by atoms with E-state index in [0.717, 1.165) is 34.3 Å². The molecule has 5 nitrogen and oxygen atoms in total. The highest BCUT2D eigenvalue weighted by Gasteiger charge is 2.19.